The summed E-state index contributed by atoms with van der Waals surface area (Å²) in [5, 5.41) is 19.5. The molecule has 2 aliphatic rings. The van der Waals surface area contributed by atoms with Crippen molar-refractivity contribution in [3.63, 3.8) is 0 Å². The van der Waals surface area contributed by atoms with Crippen molar-refractivity contribution in [1.82, 2.24) is 0 Å². The average molecular weight is 605 g/mol. The number of hydrogen-bond donors (Lipinski definition) is 2. The highest BCUT2D eigenvalue weighted by molar-refractivity contribution is 5.98. The first-order valence-electron chi connectivity index (χ1n) is 15.9. The van der Waals surface area contributed by atoms with Gasteiger partial charge in [0.15, 0.2) is 11.6 Å². The summed E-state index contributed by atoms with van der Waals surface area (Å²) < 4.78 is 6.01. The van der Waals surface area contributed by atoms with Crippen molar-refractivity contribution in [3.8, 4) is 11.5 Å². The van der Waals surface area contributed by atoms with E-state index in [4.69, 9.17) is 4.74 Å². The molecule has 45 heavy (non-hydrogen) atoms. The zero-order valence-corrected chi connectivity index (χ0v) is 25.5. The minimum Gasteiger partial charge on any atom is -0.457 e. The van der Waals surface area contributed by atoms with E-state index in [1.165, 1.54) is 0 Å². The average Bonchev–Trinajstić information content (AvgIpc) is 3.07. The van der Waals surface area contributed by atoms with Gasteiger partial charge in [-0.15, -0.1) is 0 Å². The van der Waals surface area contributed by atoms with Gasteiger partial charge < -0.3 is 24.7 Å². The summed E-state index contributed by atoms with van der Waals surface area (Å²) in [5.41, 5.74) is 5.37. The molecule has 6 rings (SSSR count). The summed E-state index contributed by atoms with van der Waals surface area (Å²) in [6, 6.07) is 30.6. The number of nitrogens with zero attached hydrogens (tertiary/aromatic N) is 2. The second-order valence-electron chi connectivity index (χ2n) is 12.1. The van der Waals surface area contributed by atoms with Crippen LogP contribution < -0.4 is 14.5 Å². The number of hydrogen-bond acceptors (Lipinski definition) is 7. The van der Waals surface area contributed by atoms with Crippen LogP contribution in [0.1, 0.15) is 57.5 Å². The number of ketones is 2. The van der Waals surface area contributed by atoms with Gasteiger partial charge in [-0.3, -0.25) is 9.59 Å². The number of rotatable bonds is 10. The van der Waals surface area contributed by atoms with Crippen LogP contribution in [-0.4, -0.2) is 60.2 Å². The lowest BCUT2D eigenvalue weighted by molar-refractivity contribution is 0.0985. The molecule has 2 N–H and O–H groups in total. The number of aliphatic hydroxyl groups excluding tert-OH is 2. The van der Waals surface area contributed by atoms with Crippen LogP contribution >= 0.6 is 0 Å². The third-order valence-electron chi connectivity index (χ3n) is 8.85. The van der Waals surface area contributed by atoms with Crippen LogP contribution in [0.3, 0.4) is 0 Å². The van der Waals surface area contributed by atoms with Crippen molar-refractivity contribution in [2.24, 2.45) is 0 Å². The van der Waals surface area contributed by atoms with Crippen LogP contribution in [0, 0.1) is 0 Å². The van der Waals surface area contributed by atoms with E-state index >= 15 is 0 Å². The first kappa shape index (κ1) is 30.6. The highest BCUT2D eigenvalue weighted by Gasteiger charge is 2.19. The van der Waals surface area contributed by atoms with E-state index in [9.17, 15) is 19.8 Å². The third kappa shape index (κ3) is 7.98. The molecule has 232 valence electrons. The maximum Gasteiger partial charge on any atom is 0.167 e. The molecule has 0 unspecified atom stereocenters. The van der Waals surface area contributed by atoms with Gasteiger partial charge in [-0.1, -0.05) is 24.3 Å². The number of aliphatic hydroxyl groups is 2. The van der Waals surface area contributed by atoms with E-state index in [-0.39, 0.29) is 23.8 Å². The fraction of sp³-hybridized carbons (Fsp3) is 0.316. The molecular weight excluding hydrogens is 564 g/mol. The van der Waals surface area contributed by atoms with Crippen molar-refractivity contribution in [2.45, 2.75) is 50.7 Å². The van der Waals surface area contributed by atoms with Gasteiger partial charge in [-0.25, -0.2) is 0 Å². The van der Waals surface area contributed by atoms with E-state index in [0.717, 1.165) is 74.4 Å². The molecule has 0 aromatic heterocycles. The molecule has 2 saturated heterocycles. The molecule has 7 nitrogen and oxygen atoms in total. The Morgan fingerprint density at radius 3 is 1.20 bits per heavy atom. The van der Waals surface area contributed by atoms with Gasteiger partial charge in [0.1, 0.15) is 11.5 Å². The van der Waals surface area contributed by atoms with E-state index < -0.39 is 0 Å². The lowest BCUT2D eigenvalue weighted by Gasteiger charge is -2.31. The Labute approximate surface area is 264 Å². The zero-order valence-electron chi connectivity index (χ0n) is 25.5. The van der Waals surface area contributed by atoms with Crippen molar-refractivity contribution >= 4 is 22.9 Å². The Balaban J connectivity index is 0.976. The highest BCUT2D eigenvalue weighted by Crippen LogP contribution is 2.25. The van der Waals surface area contributed by atoms with Gasteiger partial charge in [0, 0.05) is 61.5 Å². The van der Waals surface area contributed by atoms with Crippen LogP contribution in [0.15, 0.2) is 97.1 Å². The van der Waals surface area contributed by atoms with Gasteiger partial charge in [0.2, 0.25) is 0 Å². The van der Waals surface area contributed by atoms with Gasteiger partial charge >= 0.3 is 0 Å². The first-order valence-corrected chi connectivity index (χ1v) is 15.9. The number of benzene rings is 4. The number of carbonyl (C=O) groups is 2. The summed E-state index contributed by atoms with van der Waals surface area (Å²) in [4.78, 5) is 30.3. The van der Waals surface area contributed by atoms with Crippen LogP contribution in [0.2, 0.25) is 0 Å². The molecule has 0 aliphatic carbocycles. The molecule has 2 aliphatic heterocycles. The molecule has 0 amide bonds. The monoisotopic (exact) mass is 604 g/mol. The summed E-state index contributed by atoms with van der Waals surface area (Å²) in [6.45, 7) is 3.31. The molecule has 4 aromatic rings. The maximum absolute atomic E-state index is 12.9. The Bertz CT molecular complexity index is 1450. The molecule has 0 saturated carbocycles. The molecule has 0 radical (unpaired) electrons. The normalized spacial score (nSPS) is 16.0. The van der Waals surface area contributed by atoms with Crippen LogP contribution in [0.25, 0.3) is 0 Å². The van der Waals surface area contributed by atoms with Crippen molar-refractivity contribution in [2.75, 3.05) is 36.0 Å². The van der Waals surface area contributed by atoms with Crippen LogP contribution in [-0.2, 0) is 12.8 Å². The first-order chi connectivity index (χ1) is 21.9. The van der Waals surface area contributed by atoms with E-state index in [2.05, 4.69) is 9.80 Å². The van der Waals surface area contributed by atoms with Gasteiger partial charge in [-0.05, 0) is 110 Å². The van der Waals surface area contributed by atoms with Gasteiger partial charge in [0.05, 0.1) is 12.2 Å². The van der Waals surface area contributed by atoms with E-state index in [0.29, 0.717) is 35.5 Å². The lowest BCUT2D eigenvalue weighted by Crippen LogP contribution is -2.35. The Kier molecular flexibility index (Phi) is 9.58. The standard InChI is InChI=1S/C38H40N2O5/c41-33-17-21-39(22-18-33)31-9-5-29(6-10-31)37(43)25-27-1-13-35(14-2-27)45-36-15-3-28(4-16-36)26-38(44)30-7-11-32(12-8-30)40-23-19-34(42)20-24-40/h1-16,33-34,41-42H,17-26H2. The molecule has 4 aromatic carbocycles. The van der Waals surface area contributed by atoms with Gasteiger partial charge in [0.25, 0.3) is 0 Å². The largest absolute Gasteiger partial charge is 0.457 e. The predicted octanol–water partition coefficient (Wildman–Crippen LogP) is 6.25. The number of ether oxygens (including phenoxy) is 1. The Morgan fingerprint density at radius 2 is 0.867 bits per heavy atom. The Morgan fingerprint density at radius 1 is 0.533 bits per heavy atom. The van der Waals surface area contributed by atoms with E-state index in [1.807, 2.05) is 97.1 Å². The second-order valence-corrected chi connectivity index (χ2v) is 12.1. The SMILES string of the molecule is O=C(Cc1ccc(Oc2ccc(CC(=O)c3ccc(N4CCC(O)CC4)cc3)cc2)cc1)c1ccc(N2CCC(O)CC2)cc1. The molecule has 7 heteroatoms. The smallest absolute Gasteiger partial charge is 0.167 e. The van der Waals surface area contributed by atoms with Crippen molar-refractivity contribution in [1.29, 1.82) is 0 Å². The van der Waals surface area contributed by atoms with Gasteiger partial charge in [-0.2, -0.15) is 0 Å². The maximum atomic E-state index is 12.9. The molecule has 0 atom stereocenters. The minimum atomic E-state index is -0.209. The van der Waals surface area contributed by atoms with Crippen molar-refractivity contribution < 1.29 is 24.5 Å². The number of anilines is 2. The third-order valence-corrected chi connectivity index (χ3v) is 8.85. The fourth-order valence-corrected chi connectivity index (χ4v) is 6.03. The quantitative estimate of drug-likeness (QED) is 0.207. The molecule has 0 spiro atoms. The topological polar surface area (TPSA) is 90.3 Å². The van der Waals surface area contributed by atoms with Crippen LogP contribution in [0.5, 0.6) is 11.5 Å². The minimum absolute atomic E-state index is 0.0631. The molecule has 2 fully saturated rings. The fourth-order valence-electron chi connectivity index (χ4n) is 6.03. The van der Waals surface area contributed by atoms with Crippen molar-refractivity contribution in [3.05, 3.63) is 119 Å². The second kappa shape index (κ2) is 14.1. The lowest BCUT2D eigenvalue weighted by atomic mass is 10.0. The molecule has 2 heterocycles. The summed E-state index contributed by atoms with van der Waals surface area (Å²) in [6.07, 6.45) is 3.30. The Hall–Kier alpha value is -4.46. The van der Waals surface area contributed by atoms with E-state index in [1.54, 1.807) is 0 Å². The molecule has 0 bridgehead atoms. The number of carbonyl (C=O) groups excluding carboxylic acids is 2. The zero-order chi connectivity index (χ0) is 31.2. The number of Topliss-reactive ketones (excluding diaryl/α,β-unsaturated/α-hetero) is 2. The predicted molar refractivity (Wildman–Crippen MR) is 177 cm³/mol. The van der Waals surface area contributed by atoms with Crippen LogP contribution in [0.4, 0.5) is 11.4 Å². The summed E-state index contributed by atoms with van der Waals surface area (Å²) in [5.74, 6) is 1.48. The summed E-state index contributed by atoms with van der Waals surface area (Å²) >= 11 is 0. The highest BCUT2D eigenvalue weighted by atomic mass is 16.5. The summed E-state index contributed by atoms with van der Waals surface area (Å²) in [7, 11) is 0. The number of piperidine rings is 2. The molecular formula is C38H40N2O5.